The van der Waals surface area contributed by atoms with Crippen LogP contribution in [-0.2, 0) is 25.5 Å². The molecule has 1 aliphatic rings. The van der Waals surface area contributed by atoms with Gasteiger partial charge in [-0.15, -0.1) is 0 Å². The molecule has 0 fully saturated rings. The zero-order chi connectivity index (χ0) is 22.5. The first-order chi connectivity index (χ1) is 15.0. The molecule has 2 rings (SSSR count). The summed E-state index contributed by atoms with van der Waals surface area (Å²) in [5, 5.41) is 14.5. The van der Waals surface area contributed by atoms with Crippen LogP contribution in [0.25, 0.3) is 0 Å². The molecule has 1 aromatic carbocycles. The average molecular weight is 431 g/mol. The Morgan fingerprint density at radius 1 is 1.23 bits per heavy atom. The van der Waals surface area contributed by atoms with Gasteiger partial charge < -0.3 is 20.5 Å². The Labute approximate surface area is 184 Å². The molecule has 0 aromatic heterocycles. The minimum atomic E-state index is -0.508. The molecule has 0 aliphatic carbocycles. The fraction of sp³-hybridized carbons (Fsp3) is 0.542. The first-order valence-electron chi connectivity index (χ1n) is 11.0. The SMILES string of the molecule is C[C@@H](CO)NC(=O)C[C@H]1CC=CCCC[C@H](Cc2ccccc2)C(=O)OCCNC1=O. The van der Waals surface area contributed by atoms with Crippen molar-refractivity contribution < 1.29 is 24.2 Å². The summed E-state index contributed by atoms with van der Waals surface area (Å²) in [6, 6.07) is 9.54. The molecule has 1 aromatic rings. The van der Waals surface area contributed by atoms with Gasteiger partial charge in [-0.25, -0.2) is 0 Å². The van der Waals surface area contributed by atoms with Crippen LogP contribution in [0.1, 0.15) is 44.6 Å². The van der Waals surface area contributed by atoms with Crippen molar-refractivity contribution in [3.05, 3.63) is 48.0 Å². The summed E-state index contributed by atoms with van der Waals surface area (Å²) in [5.41, 5.74) is 1.10. The van der Waals surface area contributed by atoms with Crippen molar-refractivity contribution in [3.8, 4) is 0 Å². The number of hydrogen-bond acceptors (Lipinski definition) is 5. The summed E-state index contributed by atoms with van der Waals surface area (Å²) in [6.45, 7) is 1.85. The van der Waals surface area contributed by atoms with E-state index in [1.54, 1.807) is 6.92 Å². The van der Waals surface area contributed by atoms with Crippen LogP contribution in [-0.4, -0.2) is 48.7 Å². The fourth-order valence-electron chi connectivity index (χ4n) is 3.54. The van der Waals surface area contributed by atoms with Crippen molar-refractivity contribution in [1.82, 2.24) is 10.6 Å². The fourth-order valence-corrected chi connectivity index (χ4v) is 3.54. The van der Waals surface area contributed by atoms with Gasteiger partial charge in [-0.2, -0.15) is 0 Å². The van der Waals surface area contributed by atoms with E-state index in [4.69, 9.17) is 9.84 Å². The molecule has 0 spiro atoms. The molecule has 7 nitrogen and oxygen atoms in total. The van der Waals surface area contributed by atoms with E-state index in [1.807, 2.05) is 42.5 Å². The molecule has 3 atom stereocenters. The van der Waals surface area contributed by atoms with Crippen LogP contribution in [0.3, 0.4) is 0 Å². The molecule has 170 valence electrons. The lowest BCUT2D eigenvalue weighted by molar-refractivity contribution is -0.149. The number of aliphatic hydroxyl groups is 1. The minimum Gasteiger partial charge on any atom is -0.464 e. The van der Waals surface area contributed by atoms with E-state index >= 15 is 0 Å². The maximum absolute atomic E-state index is 12.6. The Morgan fingerprint density at radius 3 is 2.74 bits per heavy atom. The minimum absolute atomic E-state index is 0.0411. The molecule has 0 saturated carbocycles. The van der Waals surface area contributed by atoms with Crippen molar-refractivity contribution in [3.63, 3.8) is 0 Å². The predicted molar refractivity (Wildman–Crippen MR) is 118 cm³/mol. The third-order valence-corrected chi connectivity index (χ3v) is 5.30. The van der Waals surface area contributed by atoms with Crippen molar-refractivity contribution in [2.24, 2.45) is 11.8 Å². The normalized spacial score (nSPS) is 22.0. The molecule has 0 bridgehead atoms. The number of benzene rings is 1. The molecule has 1 heterocycles. The number of ether oxygens (including phenoxy) is 1. The zero-order valence-electron chi connectivity index (χ0n) is 18.2. The molecule has 0 unspecified atom stereocenters. The molecule has 2 amide bonds. The maximum Gasteiger partial charge on any atom is 0.309 e. The van der Waals surface area contributed by atoms with Gasteiger partial charge in [0.1, 0.15) is 6.61 Å². The number of aliphatic hydroxyl groups excluding tert-OH is 1. The molecular formula is C24H34N2O5. The van der Waals surface area contributed by atoms with Gasteiger partial charge in [-0.1, -0.05) is 42.5 Å². The highest BCUT2D eigenvalue weighted by molar-refractivity contribution is 5.86. The highest BCUT2D eigenvalue weighted by Gasteiger charge is 2.23. The lowest BCUT2D eigenvalue weighted by atomic mass is 9.93. The van der Waals surface area contributed by atoms with Crippen LogP contribution >= 0.6 is 0 Å². The van der Waals surface area contributed by atoms with E-state index in [9.17, 15) is 14.4 Å². The third kappa shape index (κ3) is 9.34. The molecule has 3 N–H and O–H groups in total. The van der Waals surface area contributed by atoms with Gasteiger partial charge in [0.15, 0.2) is 0 Å². The highest BCUT2D eigenvalue weighted by atomic mass is 16.5. The van der Waals surface area contributed by atoms with E-state index in [0.717, 1.165) is 24.8 Å². The summed E-state index contributed by atoms with van der Waals surface area (Å²) in [6.07, 6.45) is 7.44. The van der Waals surface area contributed by atoms with Crippen molar-refractivity contribution in [1.29, 1.82) is 0 Å². The van der Waals surface area contributed by atoms with Gasteiger partial charge in [0.2, 0.25) is 11.8 Å². The summed E-state index contributed by atoms with van der Waals surface area (Å²) < 4.78 is 5.42. The van der Waals surface area contributed by atoms with Crippen molar-refractivity contribution >= 4 is 17.8 Å². The van der Waals surface area contributed by atoms with Crippen LogP contribution in [0.5, 0.6) is 0 Å². The quantitative estimate of drug-likeness (QED) is 0.474. The van der Waals surface area contributed by atoms with Gasteiger partial charge in [0.05, 0.1) is 25.0 Å². The topological polar surface area (TPSA) is 105 Å². The number of carbonyl (C=O) groups excluding carboxylic acids is 3. The number of cyclic esters (lactones) is 1. The number of nitrogens with one attached hydrogen (secondary N) is 2. The van der Waals surface area contributed by atoms with Gasteiger partial charge in [-0.3, -0.25) is 14.4 Å². The van der Waals surface area contributed by atoms with E-state index in [-0.39, 0.29) is 55.9 Å². The molecule has 1 aliphatic heterocycles. The van der Waals surface area contributed by atoms with Gasteiger partial charge in [-0.05, 0) is 44.6 Å². The Kier molecular flexibility index (Phi) is 10.8. The molecular weight excluding hydrogens is 396 g/mol. The van der Waals surface area contributed by atoms with Crippen LogP contribution in [0.4, 0.5) is 0 Å². The number of allylic oxidation sites excluding steroid dienone is 2. The first-order valence-corrected chi connectivity index (χ1v) is 11.0. The number of amides is 2. The van der Waals surface area contributed by atoms with Gasteiger partial charge in [0, 0.05) is 12.5 Å². The highest BCUT2D eigenvalue weighted by Crippen LogP contribution is 2.18. The second kappa shape index (κ2) is 13.6. The molecule has 31 heavy (non-hydrogen) atoms. The van der Waals surface area contributed by atoms with E-state index in [1.165, 1.54) is 0 Å². The monoisotopic (exact) mass is 430 g/mol. The predicted octanol–water partition coefficient (Wildman–Crippen LogP) is 2.14. The Morgan fingerprint density at radius 2 is 2.00 bits per heavy atom. The van der Waals surface area contributed by atoms with Gasteiger partial charge >= 0.3 is 5.97 Å². The lowest BCUT2D eigenvalue weighted by Crippen LogP contribution is -2.40. The maximum atomic E-state index is 12.6. The molecule has 0 saturated heterocycles. The van der Waals surface area contributed by atoms with Crippen LogP contribution in [0.2, 0.25) is 0 Å². The van der Waals surface area contributed by atoms with Crippen LogP contribution in [0.15, 0.2) is 42.5 Å². The molecule has 0 radical (unpaired) electrons. The second-order valence-electron chi connectivity index (χ2n) is 8.04. The van der Waals surface area contributed by atoms with Crippen molar-refractivity contribution in [2.75, 3.05) is 19.8 Å². The van der Waals surface area contributed by atoms with Gasteiger partial charge in [0.25, 0.3) is 0 Å². The summed E-state index contributed by atoms with van der Waals surface area (Å²) in [4.78, 5) is 37.3. The summed E-state index contributed by atoms with van der Waals surface area (Å²) >= 11 is 0. The average Bonchev–Trinajstić information content (AvgIpc) is 2.77. The number of carbonyl (C=O) groups is 3. The number of rotatable bonds is 6. The Hall–Kier alpha value is -2.67. The van der Waals surface area contributed by atoms with Crippen LogP contribution in [0, 0.1) is 11.8 Å². The standard InChI is InChI=1S/C24H34N2O5/c1-18(17-27)26-22(28)16-20-11-7-2-3-8-12-21(15-19-9-5-4-6-10-19)24(30)31-14-13-25-23(20)29/h2,4-7,9-10,18,20-21,27H,3,8,11-17H2,1H3,(H,25,29)(H,26,28)/t18-,20+,21+/m0/s1. The van der Waals surface area contributed by atoms with Crippen molar-refractivity contribution in [2.45, 2.75) is 51.5 Å². The van der Waals surface area contributed by atoms with E-state index in [2.05, 4.69) is 10.6 Å². The van der Waals surface area contributed by atoms with E-state index in [0.29, 0.717) is 12.8 Å². The smallest absolute Gasteiger partial charge is 0.309 e. The summed E-state index contributed by atoms with van der Waals surface area (Å²) in [7, 11) is 0. The zero-order valence-corrected chi connectivity index (χ0v) is 18.2. The first kappa shape index (κ1) is 24.6. The number of hydrogen-bond donors (Lipinski definition) is 3. The Balaban J connectivity index is 1.96. The molecule has 7 heteroatoms. The lowest BCUT2D eigenvalue weighted by Gasteiger charge is -2.19. The number of esters is 1. The van der Waals surface area contributed by atoms with Crippen LogP contribution < -0.4 is 10.6 Å². The second-order valence-corrected chi connectivity index (χ2v) is 8.04. The summed E-state index contributed by atoms with van der Waals surface area (Å²) in [5.74, 6) is -1.48. The van der Waals surface area contributed by atoms with E-state index < -0.39 is 5.92 Å². The largest absolute Gasteiger partial charge is 0.464 e. The third-order valence-electron chi connectivity index (χ3n) is 5.30. The Bertz CT molecular complexity index is 735.